The summed E-state index contributed by atoms with van der Waals surface area (Å²) in [7, 11) is 0. The molecule has 1 atom stereocenters. The van der Waals surface area contributed by atoms with Gasteiger partial charge >= 0.3 is 5.97 Å². The van der Waals surface area contributed by atoms with E-state index in [4.69, 9.17) is 5.11 Å². The fourth-order valence-corrected chi connectivity index (χ4v) is 0.532. The Kier molecular flexibility index (Phi) is 9.06. The van der Waals surface area contributed by atoms with Gasteiger partial charge in [0, 0.05) is 12.6 Å². The van der Waals surface area contributed by atoms with Crippen LogP contribution in [0.2, 0.25) is 0 Å². The van der Waals surface area contributed by atoms with Gasteiger partial charge < -0.3 is 9.94 Å². The summed E-state index contributed by atoms with van der Waals surface area (Å²) in [5.41, 5.74) is 0. The monoisotopic (exact) mass is 175 g/mol. The van der Waals surface area contributed by atoms with Crippen LogP contribution in [0.15, 0.2) is 5.16 Å². The third kappa shape index (κ3) is 5.70. The SMILES string of the molecule is C=NOC(C(=O)O)C(C)C.CC. The molecule has 0 amide bonds. The summed E-state index contributed by atoms with van der Waals surface area (Å²) in [4.78, 5) is 14.8. The van der Waals surface area contributed by atoms with E-state index in [0.29, 0.717) is 0 Å². The maximum atomic E-state index is 10.3. The van der Waals surface area contributed by atoms with Crippen LogP contribution in [0.3, 0.4) is 0 Å². The predicted molar refractivity (Wildman–Crippen MR) is 48.2 cm³/mol. The van der Waals surface area contributed by atoms with Crippen molar-refractivity contribution >= 4 is 12.7 Å². The highest BCUT2D eigenvalue weighted by molar-refractivity contribution is 5.72. The van der Waals surface area contributed by atoms with Crippen LogP contribution in [0.5, 0.6) is 0 Å². The standard InChI is InChI=1S/C6H11NO3.C2H6/c1-4(2)5(6(8)9)10-7-3;1-2/h4-5H,3H2,1-2H3,(H,8,9);1-2H3. The minimum atomic E-state index is -1.01. The molecule has 0 spiro atoms. The average Bonchev–Trinajstić information content (AvgIpc) is 2.03. The minimum absolute atomic E-state index is 0.0944. The summed E-state index contributed by atoms with van der Waals surface area (Å²) >= 11 is 0. The molecule has 0 saturated heterocycles. The second-order valence-electron chi connectivity index (χ2n) is 2.24. The van der Waals surface area contributed by atoms with Gasteiger partial charge in [0.1, 0.15) is 0 Å². The lowest BCUT2D eigenvalue weighted by Gasteiger charge is -2.12. The maximum absolute atomic E-state index is 10.3. The van der Waals surface area contributed by atoms with Crippen molar-refractivity contribution in [2.75, 3.05) is 0 Å². The molecule has 0 aliphatic rings. The number of oxime groups is 1. The summed E-state index contributed by atoms with van der Waals surface area (Å²) in [5.74, 6) is -1.11. The topological polar surface area (TPSA) is 58.9 Å². The van der Waals surface area contributed by atoms with Crippen molar-refractivity contribution < 1.29 is 14.7 Å². The lowest BCUT2D eigenvalue weighted by molar-refractivity contribution is -0.153. The molecule has 1 N–H and O–H groups in total. The lowest BCUT2D eigenvalue weighted by Crippen LogP contribution is -2.27. The number of hydrogen-bond acceptors (Lipinski definition) is 3. The van der Waals surface area contributed by atoms with Gasteiger partial charge in [-0.3, -0.25) is 0 Å². The first-order valence-corrected chi connectivity index (χ1v) is 3.94. The maximum Gasteiger partial charge on any atom is 0.348 e. The number of rotatable bonds is 4. The number of carboxylic acids is 1. The largest absolute Gasteiger partial charge is 0.478 e. The summed E-state index contributed by atoms with van der Waals surface area (Å²) in [6.45, 7) is 10.5. The predicted octanol–water partition coefficient (Wildman–Crippen LogP) is 1.75. The Morgan fingerprint density at radius 3 is 2.00 bits per heavy atom. The summed E-state index contributed by atoms with van der Waals surface area (Å²) in [6.07, 6.45) is -0.877. The van der Waals surface area contributed by atoms with Crippen LogP contribution in [-0.2, 0) is 9.63 Å². The van der Waals surface area contributed by atoms with Crippen LogP contribution in [0, 0.1) is 5.92 Å². The third-order valence-electron chi connectivity index (χ3n) is 1.04. The zero-order chi connectivity index (χ0) is 10.1. The zero-order valence-electron chi connectivity index (χ0n) is 8.07. The zero-order valence-corrected chi connectivity index (χ0v) is 8.07. The molecule has 0 radical (unpaired) electrons. The van der Waals surface area contributed by atoms with Crippen molar-refractivity contribution in [2.24, 2.45) is 11.1 Å². The van der Waals surface area contributed by atoms with Gasteiger partial charge in [-0.25, -0.2) is 4.79 Å². The second kappa shape index (κ2) is 8.04. The summed E-state index contributed by atoms with van der Waals surface area (Å²) in [6, 6.07) is 0. The van der Waals surface area contributed by atoms with E-state index in [-0.39, 0.29) is 5.92 Å². The fourth-order valence-electron chi connectivity index (χ4n) is 0.532. The average molecular weight is 175 g/mol. The molecule has 0 aromatic carbocycles. The van der Waals surface area contributed by atoms with Crippen LogP contribution in [-0.4, -0.2) is 23.9 Å². The first kappa shape index (κ1) is 13.5. The Labute approximate surface area is 73.2 Å². The molecule has 0 saturated carbocycles. The van der Waals surface area contributed by atoms with Crippen LogP contribution < -0.4 is 0 Å². The van der Waals surface area contributed by atoms with Gasteiger partial charge in [-0.05, 0) is 0 Å². The molecule has 0 aliphatic heterocycles. The van der Waals surface area contributed by atoms with Gasteiger partial charge in [-0.2, -0.15) is 0 Å². The molecule has 0 heterocycles. The number of nitrogens with zero attached hydrogens (tertiary/aromatic N) is 1. The number of hydrogen-bond donors (Lipinski definition) is 1. The first-order valence-electron chi connectivity index (χ1n) is 3.94. The molecule has 0 bridgehead atoms. The Morgan fingerprint density at radius 1 is 1.50 bits per heavy atom. The van der Waals surface area contributed by atoms with Gasteiger partial charge in [-0.1, -0.05) is 27.7 Å². The van der Waals surface area contributed by atoms with E-state index in [1.54, 1.807) is 13.8 Å². The highest BCUT2D eigenvalue weighted by Gasteiger charge is 2.22. The van der Waals surface area contributed by atoms with Crippen molar-refractivity contribution in [3.63, 3.8) is 0 Å². The third-order valence-corrected chi connectivity index (χ3v) is 1.04. The van der Waals surface area contributed by atoms with Crippen LogP contribution in [0.1, 0.15) is 27.7 Å². The summed E-state index contributed by atoms with van der Waals surface area (Å²) in [5, 5.41) is 11.5. The molecule has 0 aromatic heterocycles. The Balaban J connectivity index is 0. The normalized spacial score (nSPS) is 11.1. The van der Waals surface area contributed by atoms with Crippen molar-refractivity contribution in [1.82, 2.24) is 0 Å². The van der Waals surface area contributed by atoms with E-state index < -0.39 is 12.1 Å². The molecule has 4 heteroatoms. The van der Waals surface area contributed by atoms with Crippen molar-refractivity contribution in [3.05, 3.63) is 0 Å². The highest BCUT2D eigenvalue weighted by Crippen LogP contribution is 2.06. The quantitative estimate of drug-likeness (QED) is 0.523. The molecular formula is C8H17NO3. The number of carbonyl (C=O) groups is 1. The molecular weight excluding hydrogens is 158 g/mol. The van der Waals surface area contributed by atoms with E-state index in [1.807, 2.05) is 13.8 Å². The highest BCUT2D eigenvalue weighted by atomic mass is 16.6. The van der Waals surface area contributed by atoms with Crippen molar-refractivity contribution in [2.45, 2.75) is 33.8 Å². The Bertz CT molecular complexity index is 134. The Hall–Kier alpha value is -1.06. The molecule has 72 valence electrons. The smallest absolute Gasteiger partial charge is 0.348 e. The lowest BCUT2D eigenvalue weighted by atomic mass is 10.1. The van der Waals surface area contributed by atoms with Gasteiger partial charge in [-0.15, -0.1) is 5.16 Å². The molecule has 0 aliphatic carbocycles. The van der Waals surface area contributed by atoms with E-state index in [2.05, 4.69) is 16.7 Å². The van der Waals surface area contributed by atoms with E-state index in [0.717, 1.165) is 0 Å². The van der Waals surface area contributed by atoms with Gasteiger partial charge in [0.15, 0.2) is 0 Å². The van der Waals surface area contributed by atoms with Crippen LogP contribution in [0.4, 0.5) is 0 Å². The van der Waals surface area contributed by atoms with Gasteiger partial charge in [0.25, 0.3) is 0 Å². The van der Waals surface area contributed by atoms with E-state index in [1.165, 1.54) is 0 Å². The Morgan fingerprint density at radius 2 is 1.92 bits per heavy atom. The number of aliphatic carboxylic acids is 1. The molecule has 1 unspecified atom stereocenters. The van der Waals surface area contributed by atoms with Crippen molar-refractivity contribution in [3.8, 4) is 0 Å². The van der Waals surface area contributed by atoms with Crippen LogP contribution >= 0.6 is 0 Å². The molecule has 0 rings (SSSR count). The van der Waals surface area contributed by atoms with Gasteiger partial charge in [0.2, 0.25) is 6.10 Å². The summed E-state index contributed by atoms with van der Waals surface area (Å²) < 4.78 is 0. The second-order valence-corrected chi connectivity index (χ2v) is 2.24. The van der Waals surface area contributed by atoms with Crippen LogP contribution in [0.25, 0.3) is 0 Å². The minimum Gasteiger partial charge on any atom is -0.478 e. The van der Waals surface area contributed by atoms with Gasteiger partial charge in [0.05, 0.1) is 0 Å². The van der Waals surface area contributed by atoms with E-state index in [9.17, 15) is 4.79 Å². The van der Waals surface area contributed by atoms with Crippen molar-refractivity contribution in [1.29, 1.82) is 0 Å². The first-order chi connectivity index (χ1) is 5.59. The molecule has 4 nitrogen and oxygen atoms in total. The fraction of sp³-hybridized carbons (Fsp3) is 0.750. The molecule has 12 heavy (non-hydrogen) atoms. The number of carboxylic acid groups (broad SMARTS) is 1. The molecule has 0 fully saturated rings. The van der Waals surface area contributed by atoms with E-state index >= 15 is 0 Å². The molecule has 0 aromatic rings.